The summed E-state index contributed by atoms with van der Waals surface area (Å²) in [4.78, 5) is 10.6. The molecule has 6 aromatic carbocycles. The average Bonchev–Trinajstić information content (AvgIpc) is 3.73. The van der Waals surface area contributed by atoms with Crippen molar-refractivity contribution in [1.29, 1.82) is 0 Å². The zero-order chi connectivity index (χ0) is 38.2. The molecule has 54 heavy (non-hydrogen) atoms. The summed E-state index contributed by atoms with van der Waals surface area (Å²) in [6.45, 7) is 0.404. The number of nitrogens with zero attached hydrogens (tertiary/aromatic N) is 3. The Bertz CT molecular complexity index is 2840. The van der Waals surface area contributed by atoms with Crippen molar-refractivity contribution in [3.63, 3.8) is 0 Å². The molecule has 0 atom stereocenters. The van der Waals surface area contributed by atoms with Crippen molar-refractivity contribution in [2.75, 3.05) is 0 Å². The van der Waals surface area contributed by atoms with Crippen LogP contribution in [-0.4, -0.2) is 94.8 Å². The molecule has 0 unspecified atom stereocenters. The van der Waals surface area contributed by atoms with Gasteiger partial charge in [-0.3, -0.25) is 9.56 Å². The lowest BCUT2D eigenvalue weighted by Crippen LogP contribution is -2.57. The van der Waals surface area contributed by atoms with Gasteiger partial charge >= 0.3 is 0 Å². The number of nitrogens with two attached hydrogens (primary N) is 1. The van der Waals surface area contributed by atoms with E-state index in [0.29, 0.717) is 18.3 Å². The van der Waals surface area contributed by atoms with Crippen LogP contribution < -0.4 is 60.4 Å². The molecule has 0 bridgehead atoms. The lowest BCUT2D eigenvalue weighted by molar-refractivity contribution is 0.668. The van der Waals surface area contributed by atoms with Crippen LogP contribution in [0.25, 0.3) is 54.9 Å². The third kappa shape index (κ3) is 5.54. The first-order chi connectivity index (χ1) is 25.9. The fourth-order valence-corrected chi connectivity index (χ4v) is 8.61. The van der Waals surface area contributed by atoms with Gasteiger partial charge in [-0.15, -0.1) is 32.8 Å². The molecule has 0 saturated heterocycles. The molecule has 2 aromatic heterocycles. The highest BCUT2D eigenvalue weighted by atomic mass is 16.3. The quantitative estimate of drug-likeness (QED) is 0.114. The minimum absolute atomic E-state index is 0.381. The largest absolute Gasteiger partial charge is 0.456 e. The van der Waals surface area contributed by atoms with Crippen molar-refractivity contribution < 1.29 is 4.42 Å². The number of hydrogen-bond acceptors (Lipinski definition) is 2. The second kappa shape index (κ2) is 13.5. The minimum Gasteiger partial charge on any atom is -0.456 e. The van der Waals surface area contributed by atoms with Crippen LogP contribution in [0.3, 0.4) is 0 Å². The molecular formula is C39H38B10N4O. The van der Waals surface area contributed by atoms with Crippen LogP contribution in [0.5, 0.6) is 0 Å². The SMILES string of the molecule is Bc1c(B)c(B)c(C(=N/Cc2cccc3oc4ccc(-c5c(B)c(B)c(B)c(B)c5B)cc4c23)/N=C(\N)n2c3ccccc3c3ccccc32)c(B)c1B. The van der Waals surface area contributed by atoms with Crippen LogP contribution >= 0.6 is 0 Å². The molecule has 0 fully saturated rings. The zero-order valence-electron chi connectivity index (χ0n) is 33.1. The Labute approximate surface area is 325 Å². The first-order valence-electron chi connectivity index (χ1n) is 18.8. The average molecular weight is 687 g/mol. The second-order valence-corrected chi connectivity index (χ2v) is 15.1. The van der Waals surface area contributed by atoms with Crippen molar-refractivity contribution >= 4 is 189 Å². The molecule has 2 heterocycles. The summed E-state index contributed by atoms with van der Waals surface area (Å²) in [5, 5.41) is 4.45. The number of hydrogen-bond donors (Lipinski definition) is 1. The number of rotatable bonds is 4. The van der Waals surface area contributed by atoms with E-state index in [1.807, 2.05) is 12.1 Å². The van der Waals surface area contributed by atoms with Crippen LogP contribution in [0.2, 0.25) is 0 Å². The molecule has 8 aromatic rings. The van der Waals surface area contributed by atoms with Crippen molar-refractivity contribution in [2.24, 2.45) is 15.7 Å². The monoisotopic (exact) mass is 688 g/mol. The summed E-state index contributed by atoms with van der Waals surface area (Å²) in [7, 11) is 22.1. The highest BCUT2D eigenvalue weighted by Crippen LogP contribution is 2.34. The topological polar surface area (TPSA) is 68.8 Å². The predicted octanol–water partition coefficient (Wildman–Crippen LogP) is -8.25. The normalized spacial score (nSPS) is 12.4. The highest BCUT2D eigenvalue weighted by molar-refractivity contribution is 6.70. The summed E-state index contributed by atoms with van der Waals surface area (Å²) in [6.07, 6.45) is 0. The van der Waals surface area contributed by atoms with Gasteiger partial charge < -0.3 is 10.2 Å². The van der Waals surface area contributed by atoms with E-state index in [2.05, 4.69) is 156 Å². The number of aromatic nitrogens is 1. The molecule has 2 N–H and O–H groups in total. The molecule has 0 saturated carbocycles. The number of furan rings is 1. The number of para-hydroxylation sites is 2. The Balaban J connectivity index is 1.33. The van der Waals surface area contributed by atoms with E-state index in [9.17, 15) is 0 Å². The Morgan fingerprint density at radius 1 is 0.556 bits per heavy atom. The third-order valence-corrected chi connectivity index (χ3v) is 12.5. The number of aliphatic imine (C=N–C) groups is 2. The van der Waals surface area contributed by atoms with Crippen molar-refractivity contribution in [3.8, 4) is 11.1 Å². The molecule has 5 nitrogen and oxygen atoms in total. The molecule has 0 aliphatic carbocycles. The summed E-state index contributed by atoms with van der Waals surface area (Å²) >= 11 is 0. The van der Waals surface area contributed by atoms with Crippen LogP contribution in [0, 0.1) is 0 Å². The van der Waals surface area contributed by atoms with E-state index >= 15 is 0 Å². The molecule has 0 aliphatic rings. The van der Waals surface area contributed by atoms with Crippen molar-refractivity contribution in [2.45, 2.75) is 6.54 Å². The summed E-state index contributed by atoms with van der Waals surface area (Å²) in [5.41, 5.74) is 28.3. The zero-order valence-corrected chi connectivity index (χ0v) is 33.1. The molecule has 15 heteroatoms. The van der Waals surface area contributed by atoms with Gasteiger partial charge in [-0.05, 0) is 47.0 Å². The molecule has 0 amide bonds. The highest BCUT2D eigenvalue weighted by Gasteiger charge is 2.20. The molecule has 0 radical (unpaired) electrons. The lowest BCUT2D eigenvalue weighted by atomic mass is 9.59. The van der Waals surface area contributed by atoms with Gasteiger partial charge in [-0.25, -0.2) is 0 Å². The maximum absolute atomic E-state index is 7.08. The van der Waals surface area contributed by atoms with E-state index in [1.165, 1.54) is 65.8 Å². The van der Waals surface area contributed by atoms with E-state index in [0.717, 1.165) is 54.9 Å². The van der Waals surface area contributed by atoms with Gasteiger partial charge in [0.1, 0.15) is 89.6 Å². The minimum atomic E-state index is 0.381. The number of amidine groups is 1. The van der Waals surface area contributed by atoms with Gasteiger partial charge in [0, 0.05) is 27.1 Å². The fraction of sp³-hybridized carbons (Fsp3) is 0.0256. The standard InChI is InChI=1S/C39H38B10N4O/c40-28-26(29(41)33(45)36(48)32(28)44)16-12-13-23-20(14-16)25-17(6-5-11-24(25)54-23)15-51-38(27-30(42)34(46)37(49)35(47)31(27)43)52-39(50)53-21-9-3-1-7-18(21)19-8-2-4-10-22(19)53/h1-14H,15,40-49H2,(H2,50,51,52). The molecular weight excluding hydrogens is 649 g/mol. The molecule has 0 spiro atoms. The third-order valence-electron chi connectivity index (χ3n) is 12.5. The van der Waals surface area contributed by atoms with Crippen LogP contribution in [-0.2, 0) is 6.54 Å². The smallest absolute Gasteiger partial charge is 0.207 e. The summed E-state index contributed by atoms with van der Waals surface area (Å²) in [5.74, 6) is 1.00. The van der Waals surface area contributed by atoms with Crippen LogP contribution in [0.1, 0.15) is 11.1 Å². The Kier molecular flexibility index (Phi) is 8.95. The first-order valence-corrected chi connectivity index (χ1v) is 18.8. The van der Waals surface area contributed by atoms with Crippen molar-refractivity contribution in [1.82, 2.24) is 4.57 Å². The molecule has 250 valence electrons. The summed E-state index contributed by atoms with van der Waals surface area (Å²) < 4.78 is 8.54. The Hall–Kier alpha value is -5.29. The van der Waals surface area contributed by atoms with Crippen LogP contribution in [0.4, 0.5) is 0 Å². The summed E-state index contributed by atoms with van der Waals surface area (Å²) in [6, 6.07) is 29.6. The van der Waals surface area contributed by atoms with Crippen molar-refractivity contribution in [3.05, 3.63) is 96.1 Å². The van der Waals surface area contributed by atoms with Gasteiger partial charge in [0.2, 0.25) is 5.96 Å². The van der Waals surface area contributed by atoms with Gasteiger partial charge in [0.25, 0.3) is 0 Å². The van der Waals surface area contributed by atoms with Gasteiger partial charge in [0.15, 0.2) is 5.84 Å². The number of benzene rings is 6. The maximum Gasteiger partial charge on any atom is 0.207 e. The van der Waals surface area contributed by atoms with E-state index in [1.54, 1.807) is 0 Å². The van der Waals surface area contributed by atoms with Gasteiger partial charge in [-0.2, -0.15) is 4.99 Å². The Morgan fingerprint density at radius 2 is 1.09 bits per heavy atom. The second-order valence-electron chi connectivity index (χ2n) is 15.1. The maximum atomic E-state index is 7.08. The van der Waals surface area contributed by atoms with Crippen LogP contribution in [0.15, 0.2) is 99.3 Å². The number of fused-ring (bicyclic) bond motifs is 6. The lowest BCUT2D eigenvalue weighted by Gasteiger charge is -2.20. The fourth-order valence-electron chi connectivity index (χ4n) is 8.61. The predicted molar refractivity (Wildman–Crippen MR) is 264 cm³/mol. The van der Waals surface area contributed by atoms with E-state index < -0.39 is 0 Å². The first kappa shape index (κ1) is 35.7. The molecule has 8 rings (SSSR count). The van der Waals surface area contributed by atoms with Gasteiger partial charge in [0.05, 0.1) is 17.6 Å². The van der Waals surface area contributed by atoms with E-state index in [-0.39, 0.29) is 0 Å². The molecule has 0 aliphatic heterocycles. The van der Waals surface area contributed by atoms with Gasteiger partial charge in [-0.1, -0.05) is 76.4 Å². The Morgan fingerprint density at radius 3 is 1.69 bits per heavy atom. The van der Waals surface area contributed by atoms with E-state index in [4.69, 9.17) is 20.1 Å².